The van der Waals surface area contributed by atoms with Gasteiger partial charge >= 0.3 is 0 Å². The van der Waals surface area contributed by atoms with E-state index in [-0.39, 0.29) is 6.10 Å². The van der Waals surface area contributed by atoms with Gasteiger partial charge in [0.25, 0.3) is 0 Å². The highest BCUT2D eigenvalue weighted by Crippen LogP contribution is 2.40. The zero-order chi connectivity index (χ0) is 18.2. The molecule has 0 radical (unpaired) electrons. The molecule has 27 heavy (non-hydrogen) atoms. The third kappa shape index (κ3) is 3.82. The Labute approximate surface area is 161 Å². The normalized spacial score (nSPS) is 23.3. The minimum atomic E-state index is -0.349. The van der Waals surface area contributed by atoms with Crippen LogP contribution in [0, 0.1) is 5.92 Å². The Morgan fingerprint density at radius 2 is 1.78 bits per heavy atom. The van der Waals surface area contributed by atoms with Gasteiger partial charge in [0.15, 0.2) is 0 Å². The van der Waals surface area contributed by atoms with Crippen LogP contribution in [0.4, 0.5) is 0 Å². The minimum Gasteiger partial charge on any atom is -0.386 e. The van der Waals surface area contributed by atoms with Gasteiger partial charge in [0.05, 0.1) is 17.9 Å². The Balaban J connectivity index is 1.17. The van der Waals surface area contributed by atoms with E-state index in [1.807, 2.05) is 0 Å². The molecule has 0 spiro atoms. The van der Waals surface area contributed by atoms with Gasteiger partial charge in [-0.05, 0) is 56.3 Å². The smallest absolute Gasteiger partial charge is 0.101 e. The van der Waals surface area contributed by atoms with Crippen LogP contribution in [0.1, 0.15) is 48.7 Å². The maximum atomic E-state index is 10.4. The molecule has 5 heteroatoms. The fourth-order valence-corrected chi connectivity index (χ4v) is 4.70. The lowest BCUT2D eigenvalue weighted by Gasteiger charge is -2.40. The summed E-state index contributed by atoms with van der Waals surface area (Å²) in [5.74, 6) is 0.451. The van der Waals surface area contributed by atoms with Crippen LogP contribution in [0.25, 0.3) is 0 Å². The van der Waals surface area contributed by atoms with Crippen molar-refractivity contribution in [2.45, 2.75) is 57.5 Å². The van der Waals surface area contributed by atoms with Crippen LogP contribution in [-0.4, -0.2) is 50.4 Å². The van der Waals surface area contributed by atoms with E-state index < -0.39 is 0 Å². The topological polar surface area (TPSA) is 44.5 Å². The van der Waals surface area contributed by atoms with Crippen molar-refractivity contribution in [3.8, 4) is 0 Å². The van der Waals surface area contributed by atoms with E-state index in [0.29, 0.717) is 12.0 Å². The summed E-state index contributed by atoms with van der Waals surface area (Å²) in [7, 11) is 0. The third-order valence-corrected chi connectivity index (χ3v) is 6.54. The van der Waals surface area contributed by atoms with E-state index >= 15 is 0 Å². The average Bonchev–Trinajstić information content (AvgIpc) is 3.47. The van der Waals surface area contributed by atoms with E-state index in [0.717, 1.165) is 44.7 Å². The van der Waals surface area contributed by atoms with Gasteiger partial charge in [-0.25, -0.2) is 0 Å². The molecule has 1 saturated heterocycles. The maximum absolute atomic E-state index is 10.4. The van der Waals surface area contributed by atoms with Gasteiger partial charge in [-0.3, -0.25) is 14.5 Å². The molecule has 5 rings (SSSR count). The molecule has 3 heterocycles. The molecule has 0 bridgehead atoms. The van der Waals surface area contributed by atoms with E-state index in [4.69, 9.17) is 0 Å². The molecule has 0 amide bonds. The van der Waals surface area contributed by atoms with Gasteiger partial charge in [-0.1, -0.05) is 30.3 Å². The Morgan fingerprint density at radius 3 is 2.52 bits per heavy atom. The van der Waals surface area contributed by atoms with Gasteiger partial charge in [0.1, 0.15) is 6.10 Å². The van der Waals surface area contributed by atoms with Crippen molar-refractivity contribution in [3.63, 3.8) is 0 Å². The maximum Gasteiger partial charge on any atom is 0.101 e. The zero-order valence-electron chi connectivity index (χ0n) is 16.0. The number of hydrogen-bond acceptors (Lipinski definition) is 4. The SMILES string of the molecule is O[C@@H](c1cc2n(n1)CCN(C1CCN(Cc3ccccc3)CC1)C2)C1CC1. The van der Waals surface area contributed by atoms with Crippen molar-refractivity contribution in [3.05, 3.63) is 53.3 Å². The number of aliphatic hydroxyl groups is 1. The number of likely N-dealkylation sites (tertiary alicyclic amines) is 1. The lowest BCUT2D eigenvalue weighted by Crippen LogP contribution is -2.47. The minimum absolute atomic E-state index is 0.349. The predicted molar refractivity (Wildman–Crippen MR) is 105 cm³/mol. The molecule has 2 fully saturated rings. The molecule has 1 N–H and O–H groups in total. The Hall–Kier alpha value is -1.69. The molecular formula is C22H30N4O. The Kier molecular flexibility index (Phi) is 4.76. The van der Waals surface area contributed by atoms with Crippen LogP contribution in [0.3, 0.4) is 0 Å². The lowest BCUT2D eigenvalue weighted by molar-refractivity contribution is 0.0819. The fraction of sp³-hybridized carbons (Fsp3) is 0.591. The van der Waals surface area contributed by atoms with Crippen LogP contribution in [0.5, 0.6) is 0 Å². The number of aromatic nitrogens is 2. The molecule has 3 aliphatic rings. The molecule has 2 aromatic rings. The number of hydrogen-bond donors (Lipinski definition) is 1. The zero-order valence-corrected chi connectivity index (χ0v) is 16.0. The van der Waals surface area contributed by atoms with Gasteiger partial charge in [-0.2, -0.15) is 5.10 Å². The van der Waals surface area contributed by atoms with Gasteiger partial charge in [0.2, 0.25) is 0 Å². The lowest BCUT2D eigenvalue weighted by atomic mass is 10.0. The number of rotatable bonds is 5. The fourth-order valence-electron chi connectivity index (χ4n) is 4.70. The third-order valence-electron chi connectivity index (χ3n) is 6.54. The van der Waals surface area contributed by atoms with Crippen LogP contribution in [-0.2, 0) is 19.6 Å². The molecule has 1 aromatic heterocycles. The van der Waals surface area contributed by atoms with Crippen molar-refractivity contribution in [1.82, 2.24) is 19.6 Å². The predicted octanol–water partition coefficient (Wildman–Crippen LogP) is 2.81. The standard InChI is InChI=1S/C22H30N4O/c27-22(18-6-7-18)21-14-20-16-25(12-13-26(20)23-21)19-8-10-24(11-9-19)15-17-4-2-1-3-5-17/h1-5,14,18-19,22,27H,6-13,15-16H2/t22-/m1/s1. The summed E-state index contributed by atoms with van der Waals surface area (Å²) in [6.07, 6.45) is 4.45. The summed E-state index contributed by atoms with van der Waals surface area (Å²) in [5, 5.41) is 15.1. The second kappa shape index (κ2) is 7.38. The van der Waals surface area contributed by atoms with Crippen molar-refractivity contribution < 1.29 is 5.11 Å². The molecule has 5 nitrogen and oxygen atoms in total. The van der Waals surface area contributed by atoms with Gasteiger partial charge in [0, 0.05) is 25.7 Å². The summed E-state index contributed by atoms with van der Waals surface area (Å²) >= 11 is 0. The van der Waals surface area contributed by atoms with Crippen molar-refractivity contribution in [2.24, 2.45) is 5.92 Å². The van der Waals surface area contributed by atoms with Crippen LogP contribution in [0.15, 0.2) is 36.4 Å². The van der Waals surface area contributed by atoms with Gasteiger partial charge < -0.3 is 5.11 Å². The first kappa shape index (κ1) is 17.4. The number of benzene rings is 1. The highest BCUT2D eigenvalue weighted by atomic mass is 16.3. The summed E-state index contributed by atoms with van der Waals surface area (Å²) in [6, 6.07) is 13.6. The first-order valence-corrected chi connectivity index (χ1v) is 10.5. The largest absolute Gasteiger partial charge is 0.386 e. The van der Waals surface area contributed by atoms with Crippen molar-refractivity contribution >= 4 is 0 Å². The molecular weight excluding hydrogens is 336 g/mol. The summed E-state index contributed by atoms with van der Waals surface area (Å²) in [5.41, 5.74) is 3.59. The number of piperidine rings is 1. The molecule has 144 valence electrons. The van der Waals surface area contributed by atoms with Crippen LogP contribution < -0.4 is 0 Å². The highest BCUT2D eigenvalue weighted by molar-refractivity contribution is 5.17. The van der Waals surface area contributed by atoms with Crippen LogP contribution in [0.2, 0.25) is 0 Å². The van der Waals surface area contributed by atoms with Crippen LogP contribution >= 0.6 is 0 Å². The summed E-state index contributed by atoms with van der Waals surface area (Å²) in [6.45, 7) is 6.45. The van der Waals surface area contributed by atoms with Crippen molar-refractivity contribution in [1.29, 1.82) is 0 Å². The summed E-state index contributed by atoms with van der Waals surface area (Å²) < 4.78 is 2.13. The number of fused-ring (bicyclic) bond motifs is 1. The number of aliphatic hydroxyl groups excluding tert-OH is 1. The van der Waals surface area contributed by atoms with E-state index in [2.05, 4.69) is 56.0 Å². The molecule has 1 saturated carbocycles. The second-order valence-electron chi connectivity index (χ2n) is 8.53. The Bertz CT molecular complexity index is 762. The quantitative estimate of drug-likeness (QED) is 0.884. The average molecular weight is 367 g/mol. The molecule has 1 atom stereocenters. The molecule has 0 unspecified atom stereocenters. The highest BCUT2D eigenvalue weighted by Gasteiger charge is 2.34. The molecule has 1 aliphatic carbocycles. The number of nitrogens with zero attached hydrogens (tertiary/aromatic N) is 4. The van der Waals surface area contributed by atoms with E-state index in [1.54, 1.807) is 0 Å². The van der Waals surface area contributed by atoms with E-state index in [9.17, 15) is 5.11 Å². The molecule has 1 aromatic carbocycles. The monoisotopic (exact) mass is 366 g/mol. The van der Waals surface area contributed by atoms with Gasteiger partial charge in [-0.15, -0.1) is 0 Å². The van der Waals surface area contributed by atoms with E-state index in [1.165, 1.54) is 37.2 Å². The summed E-state index contributed by atoms with van der Waals surface area (Å²) in [4.78, 5) is 5.23. The van der Waals surface area contributed by atoms with Crippen molar-refractivity contribution in [2.75, 3.05) is 19.6 Å². The Morgan fingerprint density at radius 1 is 1.00 bits per heavy atom. The first-order valence-electron chi connectivity index (χ1n) is 10.5. The second-order valence-corrected chi connectivity index (χ2v) is 8.53. The molecule has 2 aliphatic heterocycles. The first-order chi connectivity index (χ1) is 13.3.